The molecule has 1 atom stereocenters. The lowest BCUT2D eigenvalue weighted by Crippen LogP contribution is -2.41. The third kappa shape index (κ3) is 6.00. The van der Waals surface area contributed by atoms with E-state index in [0.29, 0.717) is 30.6 Å². The number of nitrogens with one attached hydrogen (secondary N) is 1. The van der Waals surface area contributed by atoms with E-state index in [9.17, 15) is 9.59 Å². The van der Waals surface area contributed by atoms with Crippen LogP contribution in [0.4, 0.5) is 0 Å². The van der Waals surface area contributed by atoms with Crippen LogP contribution in [0.25, 0.3) is 0 Å². The first-order chi connectivity index (χ1) is 14.5. The second kappa shape index (κ2) is 10.7. The molecule has 1 N–H and O–H groups in total. The van der Waals surface area contributed by atoms with Crippen LogP contribution in [0.5, 0.6) is 0 Å². The third-order valence-corrected chi connectivity index (χ3v) is 5.46. The SMILES string of the molecule is CN(C(=O)c1ccc(Br)cc1)[C@H](CCNC(=O)c1ccccn1)Cc1ccccc1. The number of benzene rings is 2. The van der Waals surface area contributed by atoms with Crippen molar-refractivity contribution in [3.05, 3.63) is 100 Å². The van der Waals surface area contributed by atoms with Crippen LogP contribution in [0.1, 0.15) is 32.8 Å². The quantitative estimate of drug-likeness (QED) is 0.537. The van der Waals surface area contributed by atoms with Gasteiger partial charge in [-0.1, -0.05) is 52.3 Å². The molecule has 1 heterocycles. The van der Waals surface area contributed by atoms with E-state index in [4.69, 9.17) is 0 Å². The van der Waals surface area contributed by atoms with E-state index in [1.165, 1.54) is 0 Å². The summed E-state index contributed by atoms with van der Waals surface area (Å²) in [6.07, 6.45) is 2.93. The van der Waals surface area contributed by atoms with Gasteiger partial charge in [0.15, 0.2) is 0 Å². The molecule has 6 heteroatoms. The van der Waals surface area contributed by atoms with Gasteiger partial charge in [-0.25, -0.2) is 0 Å². The van der Waals surface area contributed by atoms with E-state index in [2.05, 4.69) is 38.4 Å². The Hall–Kier alpha value is -2.99. The number of likely N-dealkylation sites (N-methyl/N-ethyl adjacent to an activating group) is 1. The number of carbonyl (C=O) groups is 2. The van der Waals surface area contributed by atoms with Crippen LogP contribution in [0.3, 0.4) is 0 Å². The molecule has 0 aliphatic carbocycles. The minimum atomic E-state index is -0.212. The van der Waals surface area contributed by atoms with E-state index in [1.807, 2.05) is 49.5 Å². The van der Waals surface area contributed by atoms with Gasteiger partial charge in [0.05, 0.1) is 0 Å². The minimum absolute atomic E-state index is 0.0421. The average Bonchev–Trinajstić information content (AvgIpc) is 2.79. The number of amides is 2. The second-order valence-electron chi connectivity index (χ2n) is 7.03. The Morgan fingerprint density at radius 1 is 1.00 bits per heavy atom. The van der Waals surface area contributed by atoms with Crippen LogP contribution in [0, 0.1) is 0 Å². The number of aromatic nitrogens is 1. The number of halogens is 1. The summed E-state index contributed by atoms with van der Waals surface area (Å²) < 4.78 is 0.930. The summed E-state index contributed by atoms with van der Waals surface area (Å²) in [7, 11) is 1.82. The van der Waals surface area contributed by atoms with Crippen molar-refractivity contribution in [2.45, 2.75) is 18.9 Å². The molecule has 0 spiro atoms. The molecule has 0 saturated carbocycles. The number of rotatable bonds is 8. The maximum atomic E-state index is 13.0. The van der Waals surface area contributed by atoms with E-state index in [0.717, 1.165) is 10.0 Å². The van der Waals surface area contributed by atoms with Gasteiger partial charge in [0.1, 0.15) is 5.69 Å². The first-order valence-electron chi connectivity index (χ1n) is 9.80. The maximum absolute atomic E-state index is 13.0. The molecular formula is C24H24BrN3O2. The van der Waals surface area contributed by atoms with Crippen molar-refractivity contribution < 1.29 is 9.59 Å². The normalized spacial score (nSPS) is 11.5. The number of hydrogen-bond donors (Lipinski definition) is 1. The lowest BCUT2D eigenvalue weighted by Gasteiger charge is -2.29. The molecule has 0 saturated heterocycles. The highest BCUT2D eigenvalue weighted by Crippen LogP contribution is 2.16. The summed E-state index contributed by atoms with van der Waals surface area (Å²) in [6, 6.07) is 22.6. The first kappa shape index (κ1) is 21.7. The fraction of sp³-hybridized carbons (Fsp3) is 0.208. The van der Waals surface area contributed by atoms with Crippen LogP contribution in [-0.4, -0.2) is 41.3 Å². The van der Waals surface area contributed by atoms with E-state index in [-0.39, 0.29) is 17.9 Å². The Kier molecular flexibility index (Phi) is 7.74. The van der Waals surface area contributed by atoms with Gasteiger partial charge in [0, 0.05) is 35.9 Å². The molecule has 3 aromatic rings. The molecule has 0 unspecified atom stereocenters. The zero-order valence-corrected chi connectivity index (χ0v) is 18.4. The summed E-state index contributed by atoms with van der Waals surface area (Å²) in [4.78, 5) is 31.1. The highest BCUT2D eigenvalue weighted by molar-refractivity contribution is 9.10. The fourth-order valence-corrected chi connectivity index (χ4v) is 3.49. The highest BCUT2D eigenvalue weighted by atomic mass is 79.9. The van der Waals surface area contributed by atoms with Crippen LogP contribution < -0.4 is 5.32 Å². The molecule has 0 radical (unpaired) electrons. The topological polar surface area (TPSA) is 62.3 Å². The summed E-state index contributed by atoms with van der Waals surface area (Å²) >= 11 is 3.40. The number of pyridine rings is 1. The first-order valence-corrected chi connectivity index (χ1v) is 10.6. The van der Waals surface area contributed by atoms with Crippen molar-refractivity contribution >= 4 is 27.7 Å². The van der Waals surface area contributed by atoms with E-state index >= 15 is 0 Å². The number of hydrogen-bond acceptors (Lipinski definition) is 3. The van der Waals surface area contributed by atoms with E-state index in [1.54, 1.807) is 29.3 Å². The van der Waals surface area contributed by atoms with Gasteiger partial charge in [0.2, 0.25) is 0 Å². The van der Waals surface area contributed by atoms with Crippen LogP contribution in [0.15, 0.2) is 83.5 Å². The van der Waals surface area contributed by atoms with Crippen molar-refractivity contribution in [1.29, 1.82) is 0 Å². The highest BCUT2D eigenvalue weighted by Gasteiger charge is 2.22. The van der Waals surface area contributed by atoms with Crippen LogP contribution >= 0.6 is 15.9 Å². The van der Waals surface area contributed by atoms with Crippen molar-refractivity contribution in [3.63, 3.8) is 0 Å². The Labute approximate surface area is 185 Å². The monoisotopic (exact) mass is 465 g/mol. The van der Waals surface area contributed by atoms with Crippen molar-refractivity contribution in [3.8, 4) is 0 Å². The average molecular weight is 466 g/mol. The van der Waals surface area contributed by atoms with Crippen molar-refractivity contribution in [2.75, 3.05) is 13.6 Å². The standard InChI is InChI=1S/C24H24BrN3O2/c1-28(24(30)19-10-12-20(25)13-11-19)21(17-18-7-3-2-4-8-18)14-16-27-23(29)22-9-5-6-15-26-22/h2-13,15,21H,14,16-17H2,1H3,(H,27,29)/t21-/m1/s1. The largest absolute Gasteiger partial charge is 0.351 e. The number of nitrogens with zero attached hydrogens (tertiary/aromatic N) is 2. The maximum Gasteiger partial charge on any atom is 0.269 e. The summed E-state index contributed by atoms with van der Waals surface area (Å²) in [5.74, 6) is -0.254. The lowest BCUT2D eigenvalue weighted by atomic mass is 10.0. The van der Waals surface area contributed by atoms with Gasteiger partial charge in [-0.2, -0.15) is 0 Å². The van der Waals surface area contributed by atoms with Crippen LogP contribution in [0.2, 0.25) is 0 Å². The van der Waals surface area contributed by atoms with Crippen LogP contribution in [-0.2, 0) is 6.42 Å². The molecule has 0 bridgehead atoms. The lowest BCUT2D eigenvalue weighted by molar-refractivity contribution is 0.0723. The summed E-state index contributed by atoms with van der Waals surface area (Å²) in [5, 5.41) is 2.91. The van der Waals surface area contributed by atoms with Gasteiger partial charge >= 0.3 is 0 Å². The molecule has 5 nitrogen and oxygen atoms in total. The molecule has 2 amide bonds. The molecule has 0 aliphatic heterocycles. The molecule has 3 rings (SSSR count). The Balaban J connectivity index is 1.68. The number of carbonyl (C=O) groups excluding carboxylic acids is 2. The molecule has 2 aromatic carbocycles. The second-order valence-corrected chi connectivity index (χ2v) is 7.94. The van der Waals surface area contributed by atoms with Gasteiger partial charge in [-0.05, 0) is 54.8 Å². The minimum Gasteiger partial charge on any atom is -0.351 e. The van der Waals surface area contributed by atoms with E-state index < -0.39 is 0 Å². The molecule has 154 valence electrons. The predicted octanol–water partition coefficient (Wildman–Crippen LogP) is 4.35. The van der Waals surface area contributed by atoms with Gasteiger partial charge in [-0.15, -0.1) is 0 Å². The van der Waals surface area contributed by atoms with Crippen molar-refractivity contribution in [2.24, 2.45) is 0 Å². The van der Waals surface area contributed by atoms with Gasteiger partial charge < -0.3 is 10.2 Å². The summed E-state index contributed by atoms with van der Waals surface area (Å²) in [5.41, 5.74) is 2.17. The molecule has 30 heavy (non-hydrogen) atoms. The molecule has 0 fully saturated rings. The summed E-state index contributed by atoms with van der Waals surface area (Å²) in [6.45, 7) is 0.449. The molecule has 0 aliphatic rings. The molecular weight excluding hydrogens is 442 g/mol. The third-order valence-electron chi connectivity index (χ3n) is 4.93. The molecule has 1 aromatic heterocycles. The van der Waals surface area contributed by atoms with Gasteiger partial charge in [-0.3, -0.25) is 14.6 Å². The fourth-order valence-electron chi connectivity index (χ4n) is 3.22. The Morgan fingerprint density at radius 3 is 2.37 bits per heavy atom. The Bertz CT molecular complexity index is 963. The smallest absolute Gasteiger partial charge is 0.269 e. The Morgan fingerprint density at radius 2 is 1.70 bits per heavy atom. The zero-order valence-electron chi connectivity index (χ0n) is 16.8. The van der Waals surface area contributed by atoms with Gasteiger partial charge in [0.25, 0.3) is 11.8 Å². The van der Waals surface area contributed by atoms with Crippen molar-refractivity contribution in [1.82, 2.24) is 15.2 Å². The predicted molar refractivity (Wildman–Crippen MR) is 121 cm³/mol. The zero-order chi connectivity index (χ0) is 21.3.